The normalized spacial score (nSPS) is 11.1. The number of carbonyl (C=O) groups is 3. The van der Waals surface area contributed by atoms with E-state index in [2.05, 4.69) is 10.6 Å². The first-order chi connectivity index (χ1) is 12.9. The molecule has 1 atom stereocenters. The second-order valence-electron chi connectivity index (χ2n) is 5.55. The van der Waals surface area contributed by atoms with Crippen LogP contribution in [-0.2, 0) is 25.5 Å². The molecule has 1 aromatic carbocycles. The van der Waals surface area contributed by atoms with Crippen LogP contribution in [0.25, 0.3) is 0 Å². The molecule has 2 amide bonds. The third kappa shape index (κ3) is 6.69. The number of benzene rings is 1. The second kappa shape index (κ2) is 10.9. The summed E-state index contributed by atoms with van der Waals surface area (Å²) in [7, 11) is 4.42. The van der Waals surface area contributed by atoms with Gasteiger partial charge in [0.25, 0.3) is 5.91 Å². The smallest absolute Gasteiger partial charge is 0.310 e. The van der Waals surface area contributed by atoms with E-state index in [1.807, 2.05) is 0 Å². The molecule has 150 valence electrons. The molecule has 0 aromatic heterocycles. The van der Waals surface area contributed by atoms with E-state index in [1.54, 1.807) is 26.0 Å². The van der Waals surface area contributed by atoms with E-state index in [4.69, 9.17) is 18.9 Å². The molecule has 0 aliphatic rings. The molecule has 9 nitrogen and oxygen atoms in total. The minimum absolute atomic E-state index is 0.0874. The van der Waals surface area contributed by atoms with Crippen molar-refractivity contribution in [3.63, 3.8) is 0 Å². The first-order valence-corrected chi connectivity index (χ1v) is 8.37. The summed E-state index contributed by atoms with van der Waals surface area (Å²) in [5.74, 6) is -0.246. The molecule has 0 aliphatic carbocycles. The third-order valence-corrected chi connectivity index (χ3v) is 3.56. The van der Waals surface area contributed by atoms with E-state index < -0.39 is 24.5 Å². The number of nitrogens with one attached hydrogen (secondary N) is 2. The number of ether oxygens (including phenoxy) is 4. The first-order valence-electron chi connectivity index (χ1n) is 8.37. The molecular weight excluding hydrogens is 356 g/mol. The summed E-state index contributed by atoms with van der Waals surface area (Å²) in [5, 5.41) is 5.03. The number of methoxy groups -OCH3 is 3. The van der Waals surface area contributed by atoms with Crippen LogP contribution in [-0.4, -0.2) is 58.3 Å². The van der Waals surface area contributed by atoms with Crippen molar-refractivity contribution in [3.8, 4) is 17.2 Å². The van der Waals surface area contributed by atoms with Crippen molar-refractivity contribution in [2.45, 2.75) is 26.3 Å². The predicted molar refractivity (Wildman–Crippen MR) is 97.0 cm³/mol. The molecule has 2 N–H and O–H groups in total. The second-order valence-corrected chi connectivity index (χ2v) is 5.55. The maximum absolute atomic E-state index is 12.0. The van der Waals surface area contributed by atoms with Gasteiger partial charge in [0.1, 0.15) is 6.04 Å². The number of carbonyl (C=O) groups excluding carboxylic acids is 3. The van der Waals surface area contributed by atoms with Gasteiger partial charge in [-0.2, -0.15) is 0 Å². The molecule has 0 unspecified atom stereocenters. The summed E-state index contributed by atoms with van der Waals surface area (Å²) in [6, 6.07) is 2.53. The average Bonchev–Trinajstić information content (AvgIpc) is 2.65. The van der Waals surface area contributed by atoms with E-state index in [9.17, 15) is 14.4 Å². The molecule has 0 saturated carbocycles. The molecule has 0 spiro atoms. The molecular formula is C18H26N2O7. The maximum Gasteiger partial charge on any atom is 0.310 e. The van der Waals surface area contributed by atoms with Crippen LogP contribution >= 0.6 is 0 Å². The lowest BCUT2D eigenvalue weighted by Crippen LogP contribution is -2.46. The number of amides is 2. The van der Waals surface area contributed by atoms with Gasteiger partial charge in [0.2, 0.25) is 11.7 Å². The molecule has 0 saturated heterocycles. The molecule has 0 heterocycles. The minimum Gasteiger partial charge on any atom is -0.493 e. The lowest BCUT2D eigenvalue weighted by Gasteiger charge is -2.14. The van der Waals surface area contributed by atoms with E-state index >= 15 is 0 Å². The third-order valence-electron chi connectivity index (χ3n) is 3.56. The van der Waals surface area contributed by atoms with Crippen molar-refractivity contribution in [1.29, 1.82) is 0 Å². The first kappa shape index (κ1) is 22.1. The monoisotopic (exact) mass is 382 g/mol. The molecule has 0 aliphatic heterocycles. The van der Waals surface area contributed by atoms with Crippen LogP contribution in [0.1, 0.15) is 19.4 Å². The fraction of sp³-hybridized carbons (Fsp3) is 0.500. The van der Waals surface area contributed by atoms with Gasteiger partial charge in [-0.3, -0.25) is 14.4 Å². The van der Waals surface area contributed by atoms with Gasteiger partial charge in [-0.05, 0) is 31.5 Å². The van der Waals surface area contributed by atoms with Gasteiger partial charge in [-0.25, -0.2) is 0 Å². The van der Waals surface area contributed by atoms with Crippen molar-refractivity contribution in [2.75, 3.05) is 34.5 Å². The van der Waals surface area contributed by atoms with Gasteiger partial charge in [0, 0.05) is 6.54 Å². The molecule has 0 bridgehead atoms. The average molecular weight is 382 g/mol. The van der Waals surface area contributed by atoms with Gasteiger partial charge in [-0.15, -0.1) is 0 Å². The number of likely N-dealkylation sites (N-methyl/N-ethyl adjacent to an activating group) is 1. The summed E-state index contributed by atoms with van der Waals surface area (Å²) in [6.07, 6.45) is -0.0874. The van der Waals surface area contributed by atoms with E-state index in [0.29, 0.717) is 29.4 Å². The molecule has 27 heavy (non-hydrogen) atoms. The highest BCUT2D eigenvalue weighted by atomic mass is 16.5. The number of rotatable bonds is 10. The number of hydrogen-bond acceptors (Lipinski definition) is 7. The molecule has 0 radical (unpaired) electrons. The van der Waals surface area contributed by atoms with Crippen LogP contribution in [0.2, 0.25) is 0 Å². The quantitative estimate of drug-likeness (QED) is 0.565. The highest BCUT2D eigenvalue weighted by Crippen LogP contribution is 2.38. The Morgan fingerprint density at radius 3 is 2.11 bits per heavy atom. The van der Waals surface area contributed by atoms with Crippen LogP contribution in [0.4, 0.5) is 0 Å². The van der Waals surface area contributed by atoms with Gasteiger partial charge < -0.3 is 29.6 Å². The van der Waals surface area contributed by atoms with Crippen molar-refractivity contribution in [3.05, 3.63) is 17.7 Å². The van der Waals surface area contributed by atoms with Crippen molar-refractivity contribution >= 4 is 17.8 Å². The van der Waals surface area contributed by atoms with Crippen molar-refractivity contribution in [2.24, 2.45) is 0 Å². The summed E-state index contributed by atoms with van der Waals surface area (Å²) < 4.78 is 20.6. The summed E-state index contributed by atoms with van der Waals surface area (Å²) in [4.78, 5) is 35.3. The molecule has 1 aromatic rings. The van der Waals surface area contributed by atoms with Gasteiger partial charge in [0.15, 0.2) is 18.1 Å². The Balaban J connectivity index is 2.62. The molecule has 1 rings (SSSR count). The zero-order chi connectivity index (χ0) is 20.4. The highest BCUT2D eigenvalue weighted by Gasteiger charge is 2.18. The Morgan fingerprint density at radius 1 is 1.04 bits per heavy atom. The SMILES string of the molecule is CCNC(=O)[C@@H](C)NC(=O)COC(=O)Cc1cc(OC)c(OC)c(OC)c1. The minimum atomic E-state index is -0.716. The topological polar surface area (TPSA) is 112 Å². The standard InChI is InChI=1S/C18H26N2O7/c1-6-19-18(23)11(2)20-15(21)10-27-16(22)9-12-7-13(24-3)17(26-5)14(8-12)25-4/h7-8,11H,6,9-10H2,1-5H3,(H,19,23)(H,20,21)/t11-/m1/s1. The summed E-state index contributed by atoms with van der Waals surface area (Å²) in [5.41, 5.74) is 0.575. The molecule has 0 fully saturated rings. The lowest BCUT2D eigenvalue weighted by atomic mass is 10.1. The Kier molecular flexibility index (Phi) is 8.91. The maximum atomic E-state index is 12.0. The van der Waals surface area contributed by atoms with Crippen molar-refractivity contribution < 1.29 is 33.3 Å². The Bertz CT molecular complexity index is 651. The fourth-order valence-electron chi connectivity index (χ4n) is 2.28. The van der Waals surface area contributed by atoms with E-state index in [1.165, 1.54) is 21.3 Å². The van der Waals surface area contributed by atoms with Crippen LogP contribution in [0, 0.1) is 0 Å². The Hall–Kier alpha value is -2.97. The van der Waals surface area contributed by atoms with Crippen LogP contribution < -0.4 is 24.8 Å². The van der Waals surface area contributed by atoms with Crippen LogP contribution in [0.5, 0.6) is 17.2 Å². The zero-order valence-electron chi connectivity index (χ0n) is 16.2. The number of esters is 1. The summed E-state index contributed by atoms with van der Waals surface area (Å²) >= 11 is 0. The lowest BCUT2D eigenvalue weighted by molar-refractivity contribution is -0.148. The van der Waals surface area contributed by atoms with Gasteiger partial charge in [0.05, 0.1) is 27.8 Å². The van der Waals surface area contributed by atoms with Crippen LogP contribution in [0.3, 0.4) is 0 Å². The van der Waals surface area contributed by atoms with E-state index in [0.717, 1.165) is 0 Å². The van der Waals surface area contributed by atoms with Crippen LogP contribution in [0.15, 0.2) is 12.1 Å². The van der Waals surface area contributed by atoms with Crippen molar-refractivity contribution in [1.82, 2.24) is 10.6 Å². The summed E-state index contributed by atoms with van der Waals surface area (Å²) in [6.45, 7) is 3.30. The largest absolute Gasteiger partial charge is 0.493 e. The predicted octanol–water partition coefficient (Wildman–Crippen LogP) is 0.439. The fourth-order valence-corrected chi connectivity index (χ4v) is 2.28. The highest BCUT2D eigenvalue weighted by molar-refractivity contribution is 5.88. The molecule has 9 heteroatoms. The Morgan fingerprint density at radius 2 is 1.63 bits per heavy atom. The van der Waals surface area contributed by atoms with Gasteiger partial charge >= 0.3 is 5.97 Å². The Labute approximate surface area is 158 Å². The number of hydrogen-bond donors (Lipinski definition) is 2. The zero-order valence-corrected chi connectivity index (χ0v) is 16.2. The van der Waals surface area contributed by atoms with Gasteiger partial charge in [-0.1, -0.05) is 0 Å². The van der Waals surface area contributed by atoms with E-state index in [-0.39, 0.29) is 12.3 Å².